The maximum absolute atomic E-state index is 5.93. The first-order valence-electron chi connectivity index (χ1n) is 7.22. The van der Waals surface area contributed by atoms with Crippen molar-refractivity contribution in [3.05, 3.63) is 23.8 Å². The van der Waals surface area contributed by atoms with Gasteiger partial charge in [0.15, 0.2) is 11.5 Å². The molecular weight excluding hydrogens is 252 g/mol. The van der Waals surface area contributed by atoms with E-state index in [0.717, 1.165) is 17.9 Å². The van der Waals surface area contributed by atoms with Crippen molar-refractivity contribution in [2.24, 2.45) is 5.73 Å². The lowest BCUT2D eigenvalue weighted by atomic mass is 9.91. The van der Waals surface area contributed by atoms with Gasteiger partial charge in [-0.25, -0.2) is 0 Å². The second-order valence-electron chi connectivity index (χ2n) is 5.42. The van der Waals surface area contributed by atoms with Crippen molar-refractivity contribution < 1.29 is 9.47 Å². The molecule has 114 valence electrons. The van der Waals surface area contributed by atoms with Gasteiger partial charge < -0.3 is 20.1 Å². The number of nitrogens with two attached hydrogens (primary N) is 1. The van der Waals surface area contributed by atoms with Crippen LogP contribution in [0.5, 0.6) is 11.5 Å². The van der Waals surface area contributed by atoms with E-state index in [4.69, 9.17) is 15.2 Å². The normalized spacial score (nSPS) is 14.2. The molecule has 4 heteroatoms. The van der Waals surface area contributed by atoms with Crippen LogP contribution in [-0.2, 0) is 6.42 Å². The predicted octanol–water partition coefficient (Wildman–Crippen LogP) is 2.31. The van der Waals surface area contributed by atoms with Crippen LogP contribution in [0.3, 0.4) is 0 Å². The zero-order valence-corrected chi connectivity index (χ0v) is 13.4. The first kappa shape index (κ1) is 16.8. The Bertz CT molecular complexity index is 421. The Kier molecular flexibility index (Phi) is 6.30. The molecule has 1 atom stereocenters. The van der Waals surface area contributed by atoms with Crippen molar-refractivity contribution in [2.75, 3.05) is 33.9 Å². The van der Waals surface area contributed by atoms with Crippen molar-refractivity contribution in [1.82, 2.24) is 4.90 Å². The van der Waals surface area contributed by atoms with Crippen molar-refractivity contribution in [1.29, 1.82) is 0 Å². The average Bonchev–Trinajstić information content (AvgIpc) is 2.42. The van der Waals surface area contributed by atoms with E-state index < -0.39 is 0 Å². The Morgan fingerprint density at radius 1 is 1.10 bits per heavy atom. The number of ether oxygens (including phenoxy) is 2. The van der Waals surface area contributed by atoms with Crippen LogP contribution in [0.1, 0.15) is 26.3 Å². The highest BCUT2D eigenvalue weighted by molar-refractivity contribution is 5.43. The van der Waals surface area contributed by atoms with Gasteiger partial charge in [-0.1, -0.05) is 6.07 Å². The smallest absolute Gasteiger partial charge is 0.161 e. The van der Waals surface area contributed by atoms with E-state index in [1.54, 1.807) is 0 Å². The summed E-state index contributed by atoms with van der Waals surface area (Å²) in [7, 11) is 4.12. The van der Waals surface area contributed by atoms with E-state index in [-0.39, 0.29) is 5.54 Å². The molecule has 0 saturated heterocycles. The van der Waals surface area contributed by atoms with Crippen LogP contribution in [0, 0.1) is 0 Å². The monoisotopic (exact) mass is 280 g/mol. The Morgan fingerprint density at radius 2 is 1.70 bits per heavy atom. The van der Waals surface area contributed by atoms with E-state index in [1.165, 1.54) is 5.56 Å². The van der Waals surface area contributed by atoms with Crippen LogP contribution in [0.25, 0.3) is 0 Å². The third-order valence-electron chi connectivity index (χ3n) is 3.71. The highest BCUT2D eigenvalue weighted by Crippen LogP contribution is 2.30. The summed E-state index contributed by atoms with van der Waals surface area (Å²) in [6, 6.07) is 6.13. The highest BCUT2D eigenvalue weighted by Gasteiger charge is 2.25. The second-order valence-corrected chi connectivity index (χ2v) is 5.42. The lowest BCUT2D eigenvalue weighted by Crippen LogP contribution is -2.49. The molecule has 0 saturated carbocycles. The molecule has 0 fully saturated rings. The van der Waals surface area contributed by atoms with E-state index in [9.17, 15) is 0 Å². The minimum atomic E-state index is -0.0589. The molecule has 0 bridgehead atoms. The van der Waals surface area contributed by atoms with Gasteiger partial charge in [0.05, 0.1) is 13.2 Å². The van der Waals surface area contributed by atoms with Crippen molar-refractivity contribution >= 4 is 0 Å². The van der Waals surface area contributed by atoms with Gasteiger partial charge in [0, 0.05) is 12.1 Å². The number of nitrogens with zero attached hydrogens (tertiary/aromatic N) is 1. The van der Waals surface area contributed by atoms with Crippen LogP contribution in [-0.4, -0.2) is 44.3 Å². The number of rotatable bonds is 8. The maximum atomic E-state index is 5.93. The second kappa shape index (κ2) is 7.50. The quantitative estimate of drug-likeness (QED) is 0.794. The summed E-state index contributed by atoms with van der Waals surface area (Å²) in [5.74, 6) is 1.61. The van der Waals surface area contributed by atoms with Gasteiger partial charge in [-0.15, -0.1) is 0 Å². The SMILES string of the molecule is CCOc1ccc(CC(C)(CN)N(C)C)cc1OCC. The summed E-state index contributed by atoms with van der Waals surface area (Å²) in [4.78, 5) is 2.17. The van der Waals surface area contributed by atoms with Crippen molar-refractivity contribution in [3.8, 4) is 11.5 Å². The lowest BCUT2D eigenvalue weighted by molar-refractivity contribution is 0.180. The molecule has 0 heterocycles. The number of hydrogen-bond acceptors (Lipinski definition) is 4. The fourth-order valence-corrected chi connectivity index (χ4v) is 2.06. The molecule has 0 aliphatic heterocycles. The molecule has 4 nitrogen and oxygen atoms in total. The summed E-state index contributed by atoms with van der Waals surface area (Å²) in [6.07, 6.45) is 0.878. The largest absolute Gasteiger partial charge is 0.490 e. The van der Waals surface area contributed by atoms with Crippen LogP contribution in [0.2, 0.25) is 0 Å². The molecule has 2 N–H and O–H groups in total. The summed E-state index contributed by atoms with van der Waals surface area (Å²) < 4.78 is 11.3. The molecule has 0 amide bonds. The van der Waals surface area contributed by atoms with Crippen molar-refractivity contribution in [2.45, 2.75) is 32.7 Å². The number of benzene rings is 1. The molecule has 1 unspecified atom stereocenters. The van der Waals surface area contributed by atoms with Gasteiger partial charge in [-0.05, 0) is 59.0 Å². The fourth-order valence-electron chi connectivity index (χ4n) is 2.06. The standard InChI is InChI=1S/C16H28N2O2/c1-6-19-14-9-8-13(10-15(14)20-7-2)11-16(3,12-17)18(4)5/h8-10H,6-7,11-12,17H2,1-5H3. The Hall–Kier alpha value is -1.26. The molecule has 0 aliphatic carbocycles. The molecule has 0 aliphatic rings. The molecule has 0 spiro atoms. The topological polar surface area (TPSA) is 47.7 Å². The molecule has 20 heavy (non-hydrogen) atoms. The van der Waals surface area contributed by atoms with Gasteiger partial charge in [-0.3, -0.25) is 0 Å². The Balaban J connectivity index is 2.99. The lowest BCUT2D eigenvalue weighted by Gasteiger charge is -2.35. The third kappa shape index (κ3) is 4.12. The average molecular weight is 280 g/mol. The van der Waals surface area contributed by atoms with E-state index in [1.807, 2.05) is 19.9 Å². The van der Waals surface area contributed by atoms with Crippen LogP contribution >= 0.6 is 0 Å². The molecule has 1 rings (SSSR count). The Labute approximate surface area is 122 Å². The van der Waals surface area contributed by atoms with E-state index in [0.29, 0.717) is 19.8 Å². The van der Waals surface area contributed by atoms with Crippen LogP contribution in [0.15, 0.2) is 18.2 Å². The summed E-state index contributed by atoms with van der Waals surface area (Å²) in [5.41, 5.74) is 7.08. The van der Waals surface area contributed by atoms with Crippen LogP contribution < -0.4 is 15.2 Å². The summed E-state index contributed by atoms with van der Waals surface area (Å²) in [5, 5.41) is 0. The molecule has 0 aromatic heterocycles. The van der Waals surface area contributed by atoms with Gasteiger partial charge >= 0.3 is 0 Å². The first-order chi connectivity index (χ1) is 9.46. The number of hydrogen-bond donors (Lipinski definition) is 1. The van der Waals surface area contributed by atoms with Gasteiger partial charge in [0.2, 0.25) is 0 Å². The molecule has 1 aromatic rings. The summed E-state index contributed by atoms with van der Waals surface area (Å²) >= 11 is 0. The zero-order valence-electron chi connectivity index (χ0n) is 13.4. The van der Waals surface area contributed by atoms with Gasteiger partial charge in [0.25, 0.3) is 0 Å². The zero-order chi connectivity index (χ0) is 15.2. The number of likely N-dealkylation sites (N-methyl/N-ethyl adjacent to an activating group) is 1. The molecule has 1 aromatic carbocycles. The summed E-state index contributed by atoms with van der Waals surface area (Å²) in [6.45, 7) is 8.00. The predicted molar refractivity (Wildman–Crippen MR) is 83.6 cm³/mol. The van der Waals surface area contributed by atoms with Crippen molar-refractivity contribution in [3.63, 3.8) is 0 Å². The van der Waals surface area contributed by atoms with Gasteiger partial charge in [0.1, 0.15) is 0 Å². The fraction of sp³-hybridized carbons (Fsp3) is 0.625. The molecular formula is C16H28N2O2. The van der Waals surface area contributed by atoms with Crippen LogP contribution in [0.4, 0.5) is 0 Å². The van der Waals surface area contributed by atoms with Gasteiger partial charge in [-0.2, -0.15) is 0 Å². The highest BCUT2D eigenvalue weighted by atomic mass is 16.5. The minimum absolute atomic E-state index is 0.0589. The maximum Gasteiger partial charge on any atom is 0.161 e. The minimum Gasteiger partial charge on any atom is -0.490 e. The van der Waals surface area contributed by atoms with E-state index >= 15 is 0 Å². The van der Waals surface area contributed by atoms with E-state index in [2.05, 4.69) is 38.1 Å². The first-order valence-corrected chi connectivity index (χ1v) is 7.22. The third-order valence-corrected chi connectivity index (χ3v) is 3.71. The Morgan fingerprint density at radius 3 is 2.20 bits per heavy atom. The molecule has 0 radical (unpaired) electrons.